The van der Waals surface area contributed by atoms with Crippen molar-refractivity contribution in [1.82, 2.24) is 14.8 Å². The monoisotopic (exact) mass is 267 g/mol. The molecule has 0 unspecified atom stereocenters. The number of H-pyrrole nitrogens is 1. The van der Waals surface area contributed by atoms with Gasteiger partial charge in [0, 0.05) is 12.3 Å². The van der Waals surface area contributed by atoms with E-state index in [9.17, 15) is 4.79 Å². The largest absolute Gasteiger partial charge is 0.487 e. The fraction of sp³-hybridized carbons (Fsp3) is 0.0667. The van der Waals surface area contributed by atoms with E-state index in [1.807, 2.05) is 36.4 Å². The molecule has 3 aromatic rings. The average molecular weight is 267 g/mol. The van der Waals surface area contributed by atoms with Crippen LogP contribution in [0.25, 0.3) is 5.82 Å². The van der Waals surface area contributed by atoms with E-state index in [1.54, 1.807) is 18.3 Å². The summed E-state index contributed by atoms with van der Waals surface area (Å²) in [6.45, 7) is 0.305. The van der Waals surface area contributed by atoms with E-state index in [0.29, 0.717) is 18.1 Å². The molecule has 0 aliphatic heterocycles. The highest BCUT2D eigenvalue weighted by molar-refractivity contribution is 5.23. The molecule has 0 spiro atoms. The zero-order chi connectivity index (χ0) is 13.8. The maximum Gasteiger partial charge on any atom is 0.273 e. The van der Waals surface area contributed by atoms with Gasteiger partial charge < -0.3 is 4.74 Å². The van der Waals surface area contributed by atoms with Gasteiger partial charge in [-0.3, -0.25) is 9.89 Å². The summed E-state index contributed by atoms with van der Waals surface area (Å²) in [5.74, 6) is 1.32. The molecule has 0 amide bonds. The van der Waals surface area contributed by atoms with E-state index >= 15 is 0 Å². The number of rotatable bonds is 4. The van der Waals surface area contributed by atoms with E-state index < -0.39 is 0 Å². The third-order valence-electron chi connectivity index (χ3n) is 2.79. The van der Waals surface area contributed by atoms with Gasteiger partial charge in [0.05, 0.1) is 5.69 Å². The first-order chi connectivity index (χ1) is 9.83. The molecule has 0 atom stereocenters. The Kier molecular flexibility index (Phi) is 3.33. The third kappa shape index (κ3) is 2.61. The van der Waals surface area contributed by atoms with Crippen molar-refractivity contribution in [2.24, 2.45) is 0 Å². The van der Waals surface area contributed by atoms with Crippen molar-refractivity contribution in [3.63, 3.8) is 0 Å². The Morgan fingerprint density at radius 1 is 1.10 bits per heavy atom. The predicted octanol–water partition coefficient (Wildman–Crippen LogP) is 2.14. The van der Waals surface area contributed by atoms with E-state index in [1.165, 1.54) is 10.7 Å². The molecule has 0 aliphatic carbocycles. The van der Waals surface area contributed by atoms with Crippen LogP contribution in [0.2, 0.25) is 0 Å². The van der Waals surface area contributed by atoms with E-state index in [2.05, 4.69) is 10.1 Å². The van der Waals surface area contributed by atoms with Gasteiger partial charge in [0.15, 0.2) is 5.82 Å². The van der Waals surface area contributed by atoms with Crippen LogP contribution in [-0.2, 0) is 6.61 Å². The van der Waals surface area contributed by atoms with Crippen molar-refractivity contribution in [3.8, 4) is 11.6 Å². The van der Waals surface area contributed by atoms with E-state index in [0.717, 1.165) is 5.75 Å². The first-order valence-corrected chi connectivity index (χ1v) is 6.23. The zero-order valence-corrected chi connectivity index (χ0v) is 10.7. The highest BCUT2D eigenvalue weighted by Crippen LogP contribution is 2.10. The van der Waals surface area contributed by atoms with Crippen molar-refractivity contribution in [2.45, 2.75) is 6.61 Å². The molecule has 0 saturated carbocycles. The Balaban J connectivity index is 1.78. The van der Waals surface area contributed by atoms with Crippen LogP contribution < -0.4 is 10.3 Å². The second-order valence-electron chi connectivity index (χ2n) is 4.24. The highest BCUT2D eigenvalue weighted by Gasteiger charge is 2.06. The summed E-state index contributed by atoms with van der Waals surface area (Å²) in [4.78, 5) is 16.0. The van der Waals surface area contributed by atoms with Gasteiger partial charge in [-0.15, -0.1) is 0 Å². The summed E-state index contributed by atoms with van der Waals surface area (Å²) in [5.41, 5.74) is 0.542. The minimum atomic E-state index is -0.157. The molecule has 0 bridgehead atoms. The first kappa shape index (κ1) is 12.2. The number of aromatic nitrogens is 3. The van der Waals surface area contributed by atoms with Crippen LogP contribution >= 0.6 is 0 Å². The quantitative estimate of drug-likeness (QED) is 0.787. The van der Waals surface area contributed by atoms with Crippen LogP contribution in [0.3, 0.4) is 0 Å². The summed E-state index contributed by atoms with van der Waals surface area (Å²) in [5, 5.41) is 2.98. The number of benzene rings is 1. The Hall–Kier alpha value is -2.82. The molecule has 0 radical (unpaired) electrons. The maximum atomic E-state index is 11.9. The number of nitrogens with one attached hydrogen (secondary N) is 1. The Morgan fingerprint density at radius 2 is 1.90 bits per heavy atom. The predicted molar refractivity (Wildman–Crippen MR) is 75.0 cm³/mol. The van der Waals surface area contributed by atoms with E-state index in [4.69, 9.17) is 4.74 Å². The summed E-state index contributed by atoms with van der Waals surface area (Å²) in [6, 6.07) is 16.4. The third-order valence-corrected chi connectivity index (χ3v) is 2.79. The van der Waals surface area contributed by atoms with Gasteiger partial charge in [-0.05, 0) is 24.3 Å². The van der Waals surface area contributed by atoms with Gasteiger partial charge in [-0.1, -0.05) is 24.3 Å². The first-order valence-electron chi connectivity index (χ1n) is 6.23. The van der Waals surface area contributed by atoms with Gasteiger partial charge in [0.2, 0.25) is 0 Å². The number of pyridine rings is 1. The van der Waals surface area contributed by atoms with E-state index in [-0.39, 0.29) is 5.56 Å². The minimum Gasteiger partial charge on any atom is -0.487 e. The number of ether oxygens (including phenoxy) is 1. The number of aromatic amines is 1. The molecular weight excluding hydrogens is 254 g/mol. The van der Waals surface area contributed by atoms with Gasteiger partial charge >= 0.3 is 0 Å². The van der Waals surface area contributed by atoms with Crippen LogP contribution in [0, 0.1) is 0 Å². The minimum absolute atomic E-state index is 0.157. The lowest BCUT2D eigenvalue weighted by Crippen LogP contribution is -2.14. The fourth-order valence-electron chi connectivity index (χ4n) is 1.85. The number of hydrogen-bond donors (Lipinski definition) is 1. The lowest BCUT2D eigenvalue weighted by Gasteiger charge is -2.04. The van der Waals surface area contributed by atoms with Crippen molar-refractivity contribution in [2.75, 3.05) is 0 Å². The number of para-hydroxylation sites is 1. The molecule has 1 aromatic carbocycles. The zero-order valence-electron chi connectivity index (χ0n) is 10.7. The fourth-order valence-corrected chi connectivity index (χ4v) is 1.85. The van der Waals surface area contributed by atoms with Gasteiger partial charge in [-0.25, -0.2) is 9.67 Å². The molecule has 0 aliphatic rings. The number of hydrogen-bond acceptors (Lipinski definition) is 3. The molecule has 0 saturated heterocycles. The Morgan fingerprint density at radius 3 is 2.65 bits per heavy atom. The lowest BCUT2D eigenvalue weighted by molar-refractivity contribution is 0.300. The lowest BCUT2D eigenvalue weighted by atomic mass is 10.3. The number of nitrogens with zero attached hydrogens (tertiary/aromatic N) is 2. The molecule has 0 fully saturated rings. The normalized spacial score (nSPS) is 10.4. The maximum absolute atomic E-state index is 11.9. The summed E-state index contributed by atoms with van der Waals surface area (Å²) >= 11 is 0. The average Bonchev–Trinajstić information content (AvgIpc) is 2.88. The van der Waals surface area contributed by atoms with Crippen molar-refractivity contribution in [3.05, 3.63) is 76.8 Å². The molecule has 2 heterocycles. The SMILES string of the molecule is O=c1cc(COc2ccccc2)[nH]n1-c1ccccn1. The van der Waals surface area contributed by atoms with Crippen molar-refractivity contribution < 1.29 is 4.74 Å². The summed E-state index contributed by atoms with van der Waals surface area (Å²) in [7, 11) is 0. The smallest absolute Gasteiger partial charge is 0.273 e. The molecule has 5 heteroatoms. The molecule has 20 heavy (non-hydrogen) atoms. The van der Waals surface area contributed by atoms with Crippen LogP contribution in [0.4, 0.5) is 0 Å². The molecule has 2 aromatic heterocycles. The Bertz CT molecular complexity index is 733. The molecule has 100 valence electrons. The summed E-state index contributed by atoms with van der Waals surface area (Å²) < 4.78 is 6.98. The van der Waals surface area contributed by atoms with Crippen LogP contribution in [0.15, 0.2) is 65.6 Å². The van der Waals surface area contributed by atoms with Gasteiger partial charge in [-0.2, -0.15) is 0 Å². The molecule has 5 nitrogen and oxygen atoms in total. The Labute approximate surface area is 115 Å². The topological polar surface area (TPSA) is 59.9 Å². The molecular formula is C15H13N3O2. The van der Waals surface area contributed by atoms with Gasteiger partial charge in [0.25, 0.3) is 5.56 Å². The second-order valence-corrected chi connectivity index (χ2v) is 4.24. The van der Waals surface area contributed by atoms with Crippen LogP contribution in [0.5, 0.6) is 5.75 Å². The van der Waals surface area contributed by atoms with Crippen LogP contribution in [0.1, 0.15) is 5.69 Å². The molecule has 3 rings (SSSR count). The van der Waals surface area contributed by atoms with Crippen molar-refractivity contribution >= 4 is 0 Å². The van der Waals surface area contributed by atoms with Crippen LogP contribution in [-0.4, -0.2) is 14.8 Å². The standard InChI is InChI=1S/C15H13N3O2/c19-15-10-12(11-20-13-6-2-1-3-7-13)17-18(15)14-8-4-5-9-16-14/h1-10,17H,11H2. The molecule has 1 N–H and O–H groups in total. The highest BCUT2D eigenvalue weighted by atomic mass is 16.5. The van der Waals surface area contributed by atoms with Gasteiger partial charge in [0.1, 0.15) is 12.4 Å². The van der Waals surface area contributed by atoms with Crippen molar-refractivity contribution in [1.29, 1.82) is 0 Å². The summed E-state index contributed by atoms with van der Waals surface area (Å²) in [6.07, 6.45) is 1.64. The second kappa shape index (κ2) is 5.44.